The number of nitrogens with one attached hydrogen (secondary N) is 2. The van der Waals surface area contributed by atoms with E-state index in [0.29, 0.717) is 30.3 Å². The molecule has 1 aliphatic carbocycles. The summed E-state index contributed by atoms with van der Waals surface area (Å²) < 4.78 is 0. The molecule has 0 bridgehead atoms. The third-order valence-corrected chi connectivity index (χ3v) is 4.75. The van der Waals surface area contributed by atoms with Gasteiger partial charge in [-0.05, 0) is 54.2 Å². The minimum absolute atomic E-state index is 0.242. The van der Waals surface area contributed by atoms with Crippen molar-refractivity contribution < 1.29 is 4.79 Å². The van der Waals surface area contributed by atoms with Gasteiger partial charge in [0.15, 0.2) is 0 Å². The first-order valence-corrected chi connectivity index (χ1v) is 9.50. The summed E-state index contributed by atoms with van der Waals surface area (Å²) in [4.78, 5) is 21.0. The number of hydrogen-bond donors (Lipinski definition) is 3. The van der Waals surface area contributed by atoms with Crippen LogP contribution in [0.15, 0.2) is 60.9 Å². The average molecular weight is 373 g/mol. The number of nitrogens with zero attached hydrogens (tertiary/aromatic N) is 2. The summed E-state index contributed by atoms with van der Waals surface area (Å²) >= 11 is 0. The van der Waals surface area contributed by atoms with Gasteiger partial charge in [-0.1, -0.05) is 24.3 Å². The van der Waals surface area contributed by atoms with Gasteiger partial charge in [-0.15, -0.1) is 0 Å². The Labute approximate surface area is 164 Å². The molecule has 0 unspecified atom stereocenters. The number of pyridine rings is 2. The van der Waals surface area contributed by atoms with E-state index in [4.69, 9.17) is 5.73 Å². The van der Waals surface area contributed by atoms with Crippen LogP contribution in [0.3, 0.4) is 0 Å². The van der Waals surface area contributed by atoms with E-state index in [9.17, 15) is 4.79 Å². The fourth-order valence-corrected chi connectivity index (χ4v) is 3.05. The van der Waals surface area contributed by atoms with Crippen LogP contribution in [0.4, 0.5) is 11.6 Å². The minimum Gasteiger partial charge on any atom is -0.369 e. The number of hydrogen-bond acceptors (Lipinski definition) is 5. The molecule has 4 N–H and O–H groups in total. The molecule has 0 spiro atoms. The van der Waals surface area contributed by atoms with Crippen LogP contribution in [0.1, 0.15) is 34.7 Å². The van der Waals surface area contributed by atoms with E-state index in [2.05, 4.69) is 44.9 Å². The molecule has 0 aliphatic heterocycles. The van der Waals surface area contributed by atoms with E-state index in [1.54, 1.807) is 18.3 Å². The number of carbonyl (C=O) groups excluding carboxylic acids is 1. The maximum Gasteiger partial charge on any atom is 0.258 e. The van der Waals surface area contributed by atoms with Crippen LogP contribution in [0.25, 0.3) is 11.1 Å². The summed E-state index contributed by atoms with van der Waals surface area (Å²) in [6, 6.07) is 15.9. The van der Waals surface area contributed by atoms with Crippen LogP contribution in [0.5, 0.6) is 0 Å². The van der Waals surface area contributed by atoms with Crippen LogP contribution in [0, 0.1) is 0 Å². The Morgan fingerprint density at radius 3 is 2.50 bits per heavy atom. The highest BCUT2D eigenvalue weighted by molar-refractivity contribution is 6.03. The lowest BCUT2D eigenvalue weighted by molar-refractivity contribution is 0.102. The highest BCUT2D eigenvalue weighted by Gasteiger charge is 2.23. The molecule has 1 fully saturated rings. The number of amides is 1. The predicted molar refractivity (Wildman–Crippen MR) is 111 cm³/mol. The standard InChI is InChI=1S/C22H23N5O/c23-10-11-24-20-8-7-19(14-25-20)22(28)27-21-9-6-18(13-26-21)17-3-1-2-16(12-17)15-4-5-15/h1-3,6-9,12-15H,4-5,10-11,23H2,(H,24,25)(H,26,27,28). The maximum atomic E-state index is 12.4. The van der Waals surface area contributed by atoms with Gasteiger partial charge in [0.1, 0.15) is 11.6 Å². The van der Waals surface area contributed by atoms with Gasteiger partial charge in [-0.25, -0.2) is 9.97 Å². The molecular weight excluding hydrogens is 350 g/mol. The smallest absolute Gasteiger partial charge is 0.258 e. The Morgan fingerprint density at radius 2 is 1.82 bits per heavy atom. The minimum atomic E-state index is -0.242. The van der Waals surface area contributed by atoms with Crippen molar-refractivity contribution in [3.05, 3.63) is 72.1 Å². The van der Waals surface area contributed by atoms with Crippen LogP contribution in [-0.2, 0) is 0 Å². The topological polar surface area (TPSA) is 92.9 Å². The zero-order valence-corrected chi connectivity index (χ0v) is 15.6. The Kier molecular flexibility index (Phi) is 5.30. The monoisotopic (exact) mass is 373 g/mol. The normalized spacial score (nSPS) is 13.2. The lowest BCUT2D eigenvalue weighted by Gasteiger charge is -2.08. The Balaban J connectivity index is 1.41. The Bertz CT molecular complexity index is 949. The summed E-state index contributed by atoms with van der Waals surface area (Å²) in [5.74, 6) is 1.68. The van der Waals surface area contributed by atoms with Gasteiger partial charge in [0.25, 0.3) is 5.91 Å². The Hall–Kier alpha value is -3.25. The molecule has 0 radical (unpaired) electrons. The zero-order chi connectivity index (χ0) is 19.3. The van der Waals surface area contributed by atoms with Gasteiger partial charge in [0.05, 0.1) is 5.56 Å². The largest absolute Gasteiger partial charge is 0.369 e. The highest BCUT2D eigenvalue weighted by atomic mass is 16.1. The molecule has 0 atom stereocenters. The van der Waals surface area contributed by atoms with Gasteiger partial charge in [0.2, 0.25) is 0 Å². The molecule has 3 aromatic rings. The SMILES string of the molecule is NCCNc1ccc(C(=O)Nc2ccc(-c3cccc(C4CC4)c3)cn2)cn1. The van der Waals surface area contributed by atoms with Crippen molar-refractivity contribution in [3.8, 4) is 11.1 Å². The van der Waals surface area contributed by atoms with Crippen molar-refractivity contribution in [2.75, 3.05) is 23.7 Å². The fraction of sp³-hybridized carbons (Fsp3) is 0.227. The molecule has 1 aromatic carbocycles. The first-order chi connectivity index (χ1) is 13.7. The molecule has 4 rings (SSSR count). The van der Waals surface area contributed by atoms with Crippen LogP contribution < -0.4 is 16.4 Å². The number of carbonyl (C=O) groups is 1. The van der Waals surface area contributed by atoms with Crippen molar-refractivity contribution in [3.63, 3.8) is 0 Å². The number of benzene rings is 1. The fourth-order valence-electron chi connectivity index (χ4n) is 3.05. The second-order valence-corrected chi connectivity index (χ2v) is 6.93. The third kappa shape index (κ3) is 4.35. The second kappa shape index (κ2) is 8.19. The molecule has 142 valence electrons. The molecule has 28 heavy (non-hydrogen) atoms. The predicted octanol–water partition coefficient (Wildman–Crippen LogP) is 3.64. The van der Waals surface area contributed by atoms with Gasteiger partial charge in [-0.3, -0.25) is 4.79 Å². The molecule has 2 heterocycles. The van der Waals surface area contributed by atoms with E-state index in [1.807, 2.05) is 12.1 Å². The van der Waals surface area contributed by atoms with E-state index in [0.717, 1.165) is 17.0 Å². The highest BCUT2D eigenvalue weighted by Crippen LogP contribution is 2.41. The van der Waals surface area contributed by atoms with Gasteiger partial charge in [-0.2, -0.15) is 0 Å². The van der Waals surface area contributed by atoms with E-state index in [1.165, 1.54) is 24.6 Å². The lowest BCUT2D eigenvalue weighted by atomic mass is 10.0. The molecule has 6 heteroatoms. The number of aromatic nitrogens is 2. The van der Waals surface area contributed by atoms with Gasteiger partial charge >= 0.3 is 0 Å². The van der Waals surface area contributed by atoms with Crippen molar-refractivity contribution >= 4 is 17.5 Å². The molecule has 1 amide bonds. The summed E-state index contributed by atoms with van der Waals surface area (Å²) in [6.07, 6.45) is 5.89. The maximum absolute atomic E-state index is 12.4. The van der Waals surface area contributed by atoms with E-state index >= 15 is 0 Å². The molecule has 6 nitrogen and oxygen atoms in total. The first kappa shape index (κ1) is 18.1. The van der Waals surface area contributed by atoms with Crippen molar-refractivity contribution in [2.45, 2.75) is 18.8 Å². The molecule has 2 aromatic heterocycles. The summed E-state index contributed by atoms with van der Waals surface area (Å²) in [5, 5.41) is 5.88. The first-order valence-electron chi connectivity index (χ1n) is 9.50. The quantitative estimate of drug-likeness (QED) is 0.588. The molecule has 1 aliphatic rings. The number of rotatable bonds is 7. The Morgan fingerprint density at radius 1 is 1.00 bits per heavy atom. The van der Waals surface area contributed by atoms with Gasteiger partial charge < -0.3 is 16.4 Å². The summed E-state index contributed by atoms with van der Waals surface area (Å²) in [6.45, 7) is 1.16. The molecular formula is C22H23N5O. The van der Waals surface area contributed by atoms with Crippen molar-refractivity contribution in [2.24, 2.45) is 5.73 Å². The molecule has 0 saturated heterocycles. The lowest BCUT2D eigenvalue weighted by Crippen LogP contribution is -2.15. The average Bonchev–Trinajstić information content (AvgIpc) is 3.59. The summed E-state index contributed by atoms with van der Waals surface area (Å²) in [5.41, 5.74) is 9.51. The van der Waals surface area contributed by atoms with Gasteiger partial charge in [0, 0.05) is 31.0 Å². The number of anilines is 2. The van der Waals surface area contributed by atoms with Crippen LogP contribution >= 0.6 is 0 Å². The zero-order valence-electron chi connectivity index (χ0n) is 15.6. The molecule has 1 saturated carbocycles. The van der Waals surface area contributed by atoms with Crippen LogP contribution in [0.2, 0.25) is 0 Å². The number of nitrogens with two attached hydrogens (primary N) is 1. The second-order valence-electron chi connectivity index (χ2n) is 6.93. The van der Waals surface area contributed by atoms with Crippen molar-refractivity contribution in [1.29, 1.82) is 0 Å². The van der Waals surface area contributed by atoms with E-state index < -0.39 is 0 Å². The summed E-state index contributed by atoms with van der Waals surface area (Å²) in [7, 11) is 0. The van der Waals surface area contributed by atoms with Crippen LogP contribution in [-0.4, -0.2) is 29.0 Å². The third-order valence-electron chi connectivity index (χ3n) is 4.75. The van der Waals surface area contributed by atoms with E-state index in [-0.39, 0.29) is 5.91 Å². The van der Waals surface area contributed by atoms with Crippen molar-refractivity contribution in [1.82, 2.24) is 9.97 Å².